The molecular formula is C22H29NO3. The average molecular weight is 355 g/mol. The molecule has 1 N–H and O–H groups in total. The fourth-order valence-electron chi connectivity index (χ4n) is 3.02. The normalized spacial score (nSPS) is 13.0. The predicted octanol–water partition coefficient (Wildman–Crippen LogP) is 4.74. The number of carbonyl (C=O) groups excluding carboxylic acids is 1. The van der Waals surface area contributed by atoms with Crippen LogP contribution in [0.3, 0.4) is 0 Å². The third kappa shape index (κ3) is 5.01. The van der Waals surface area contributed by atoms with E-state index in [1.54, 1.807) is 7.11 Å². The van der Waals surface area contributed by atoms with E-state index in [0.717, 1.165) is 17.7 Å². The zero-order valence-corrected chi connectivity index (χ0v) is 16.3. The largest absolute Gasteiger partial charge is 0.497 e. The van der Waals surface area contributed by atoms with E-state index in [9.17, 15) is 4.79 Å². The molecule has 0 radical (unpaired) electrons. The molecule has 0 aliphatic rings. The van der Waals surface area contributed by atoms with Crippen LogP contribution in [0.25, 0.3) is 0 Å². The van der Waals surface area contributed by atoms with Gasteiger partial charge in [-0.2, -0.15) is 0 Å². The van der Waals surface area contributed by atoms with E-state index >= 15 is 0 Å². The number of hydrogen-bond acceptors (Lipinski definition) is 3. The number of hydrogen-bond donors (Lipinski definition) is 1. The van der Waals surface area contributed by atoms with Crippen LogP contribution in [0, 0.1) is 13.8 Å². The van der Waals surface area contributed by atoms with Crippen molar-refractivity contribution in [2.24, 2.45) is 0 Å². The molecule has 2 rings (SSSR count). The SMILES string of the molecule is CC[C@H](Oc1ccc(OC)cc1)C(=O)N[C@@H](CC)c1ccc(C)cc1C. The van der Waals surface area contributed by atoms with Gasteiger partial charge in [-0.15, -0.1) is 0 Å². The molecule has 4 heteroatoms. The average Bonchev–Trinajstić information content (AvgIpc) is 2.65. The van der Waals surface area contributed by atoms with Gasteiger partial charge in [-0.1, -0.05) is 37.6 Å². The fraction of sp³-hybridized carbons (Fsp3) is 0.409. The molecule has 0 unspecified atom stereocenters. The van der Waals surface area contributed by atoms with Crippen molar-refractivity contribution < 1.29 is 14.3 Å². The van der Waals surface area contributed by atoms with Crippen molar-refractivity contribution in [3.63, 3.8) is 0 Å². The molecule has 26 heavy (non-hydrogen) atoms. The Morgan fingerprint density at radius 2 is 1.65 bits per heavy atom. The molecule has 0 fully saturated rings. The van der Waals surface area contributed by atoms with Crippen molar-refractivity contribution in [2.75, 3.05) is 7.11 Å². The number of amides is 1. The second-order valence-corrected chi connectivity index (χ2v) is 6.52. The van der Waals surface area contributed by atoms with Gasteiger partial charge in [-0.3, -0.25) is 4.79 Å². The van der Waals surface area contributed by atoms with Crippen LogP contribution in [0.4, 0.5) is 0 Å². The van der Waals surface area contributed by atoms with Crippen molar-refractivity contribution in [1.82, 2.24) is 5.32 Å². The lowest BCUT2D eigenvalue weighted by Gasteiger charge is -2.23. The molecule has 0 aliphatic heterocycles. The summed E-state index contributed by atoms with van der Waals surface area (Å²) in [4.78, 5) is 12.8. The molecule has 2 aromatic carbocycles. The van der Waals surface area contributed by atoms with E-state index in [2.05, 4.69) is 44.3 Å². The van der Waals surface area contributed by atoms with Crippen LogP contribution in [0.15, 0.2) is 42.5 Å². The second kappa shape index (κ2) is 9.27. The van der Waals surface area contributed by atoms with Crippen molar-refractivity contribution in [2.45, 2.75) is 52.7 Å². The highest BCUT2D eigenvalue weighted by molar-refractivity contribution is 5.81. The number of benzene rings is 2. The maximum atomic E-state index is 12.8. The summed E-state index contributed by atoms with van der Waals surface area (Å²) in [5, 5.41) is 3.15. The maximum Gasteiger partial charge on any atom is 0.261 e. The van der Waals surface area contributed by atoms with Crippen LogP contribution in [0.2, 0.25) is 0 Å². The molecular weight excluding hydrogens is 326 g/mol. The zero-order valence-electron chi connectivity index (χ0n) is 16.3. The first-order chi connectivity index (χ1) is 12.5. The van der Waals surface area contributed by atoms with Gasteiger partial charge in [-0.05, 0) is 62.1 Å². The molecule has 0 saturated carbocycles. The Balaban J connectivity index is 2.08. The number of carbonyl (C=O) groups is 1. The zero-order chi connectivity index (χ0) is 19.1. The van der Waals surface area contributed by atoms with Crippen molar-refractivity contribution in [3.8, 4) is 11.5 Å². The third-order valence-corrected chi connectivity index (χ3v) is 4.53. The lowest BCUT2D eigenvalue weighted by molar-refractivity contribution is -0.128. The summed E-state index contributed by atoms with van der Waals surface area (Å²) in [5.74, 6) is 1.33. The summed E-state index contributed by atoms with van der Waals surface area (Å²) in [6.07, 6.45) is 0.902. The summed E-state index contributed by atoms with van der Waals surface area (Å²) in [7, 11) is 1.62. The standard InChI is InChI=1S/C22H29NO3/c1-6-20(19-13-8-15(3)14-16(19)4)23-22(24)21(7-2)26-18-11-9-17(25-5)10-12-18/h8-14,20-21H,6-7H2,1-5H3,(H,23,24)/t20-,21-/m0/s1. The minimum absolute atomic E-state index is 0.0170. The summed E-state index contributed by atoms with van der Waals surface area (Å²) >= 11 is 0. The van der Waals surface area contributed by atoms with Gasteiger partial charge >= 0.3 is 0 Å². The number of nitrogens with one attached hydrogen (secondary N) is 1. The second-order valence-electron chi connectivity index (χ2n) is 6.52. The van der Waals surface area contributed by atoms with Crippen molar-refractivity contribution in [3.05, 3.63) is 59.2 Å². The predicted molar refractivity (Wildman–Crippen MR) is 105 cm³/mol. The topological polar surface area (TPSA) is 47.6 Å². The summed E-state index contributed by atoms with van der Waals surface area (Å²) in [5.41, 5.74) is 3.58. The highest BCUT2D eigenvalue weighted by atomic mass is 16.5. The van der Waals surface area contributed by atoms with Crippen molar-refractivity contribution >= 4 is 5.91 Å². The maximum absolute atomic E-state index is 12.8. The Morgan fingerprint density at radius 1 is 1.00 bits per heavy atom. The Morgan fingerprint density at radius 3 is 2.19 bits per heavy atom. The minimum atomic E-state index is -0.525. The first kappa shape index (κ1) is 19.8. The van der Waals surface area contributed by atoms with Crippen LogP contribution < -0.4 is 14.8 Å². The highest BCUT2D eigenvalue weighted by Crippen LogP contribution is 2.23. The van der Waals surface area contributed by atoms with Gasteiger partial charge in [-0.25, -0.2) is 0 Å². The van der Waals surface area contributed by atoms with E-state index in [1.165, 1.54) is 11.1 Å². The molecule has 140 valence electrons. The Kier molecular flexibility index (Phi) is 7.07. The smallest absolute Gasteiger partial charge is 0.261 e. The third-order valence-electron chi connectivity index (χ3n) is 4.53. The molecule has 2 aromatic rings. The van der Waals surface area contributed by atoms with Gasteiger partial charge in [0.25, 0.3) is 5.91 Å². The Bertz CT molecular complexity index is 725. The van der Waals surface area contributed by atoms with E-state index in [1.807, 2.05) is 31.2 Å². The van der Waals surface area contributed by atoms with Crippen LogP contribution >= 0.6 is 0 Å². The molecule has 2 atom stereocenters. The quantitative estimate of drug-likeness (QED) is 0.744. The van der Waals surface area contributed by atoms with E-state index in [-0.39, 0.29) is 11.9 Å². The van der Waals surface area contributed by atoms with Gasteiger partial charge in [0.05, 0.1) is 13.2 Å². The number of aryl methyl sites for hydroxylation is 2. The Hall–Kier alpha value is -2.49. The van der Waals surface area contributed by atoms with E-state index in [4.69, 9.17) is 9.47 Å². The molecule has 0 aliphatic carbocycles. The lowest BCUT2D eigenvalue weighted by Crippen LogP contribution is -2.40. The van der Waals surface area contributed by atoms with Crippen LogP contribution in [-0.4, -0.2) is 19.1 Å². The number of methoxy groups -OCH3 is 1. The molecule has 0 heterocycles. The van der Waals surface area contributed by atoms with Gasteiger partial charge in [0.1, 0.15) is 11.5 Å². The number of rotatable bonds is 8. The first-order valence-corrected chi connectivity index (χ1v) is 9.16. The van der Waals surface area contributed by atoms with Gasteiger partial charge in [0, 0.05) is 0 Å². The van der Waals surface area contributed by atoms with Crippen LogP contribution in [0.5, 0.6) is 11.5 Å². The molecule has 0 aromatic heterocycles. The summed E-state index contributed by atoms with van der Waals surface area (Å²) < 4.78 is 11.0. The summed E-state index contributed by atoms with van der Waals surface area (Å²) in [6.45, 7) is 8.19. The highest BCUT2D eigenvalue weighted by Gasteiger charge is 2.22. The molecule has 1 amide bonds. The summed E-state index contributed by atoms with van der Waals surface area (Å²) in [6, 6.07) is 13.6. The van der Waals surface area contributed by atoms with Gasteiger partial charge < -0.3 is 14.8 Å². The molecule has 0 bridgehead atoms. The van der Waals surface area contributed by atoms with Gasteiger partial charge in [0.15, 0.2) is 6.10 Å². The molecule has 0 spiro atoms. The fourth-order valence-corrected chi connectivity index (χ4v) is 3.02. The van der Waals surface area contributed by atoms with E-state index < -0.39 is 6.10 Å². The lowest BCUT2D eigenvalue weighted by atomic mass is 9.97. The van der Waals surface area contributed by atoms with E-state index in [0.29, 0.717) is 12.2 Å². The Labute approximate surface area is 156 Å². The van der Waals surface area contributed by atoms with Crippen molar-refractivity contribution in [1.29, 1.82) is 0 Å². The number of ether oxygens (including phenoxy) is 2. The minimum Gasteiger partial charge on any atom is -0.497 e. The monoisotopic (exact) mass is 355 g/mol. The van der Waals surface area contributed by atoms with Gasteiger partial charge in [0.2, 0.25) is 0 Å². The van der Waals surface area contributed by atoms with Crippen LogP contribution in [-0.2, 0) is 4.79 Å². The molecule has 4 nitrogen and oxygen atoms in total. The molecule has 0 saturated heterocycles. The first-order valence-electron chi connectivity index (χ1n) is 9.16. The van der Waals surface area contributed by atoms with Crippen LogP contribution in [0.1, 0.15) is 49.4 Å².